The molecule has 1 aliphatic heterocycles. The SMILES string of the molecule is CN=C(NCc1ccnc(N2CCCCC2)c1)NCc1ccc(C)cc1C.I. The Hall–Kier alpha value is -1.83. The smallest absolute Gasteiger partial charge is 0.191 e. The number of hydrogen-bond acceptors (Lipinski definition) is 3. The highest BCUT2D eigenvalue weighted by molar-refractivity contribution is 14.0. The second-order valence-electron chi connectivity index (χ2n) is 7.28. The number of aryl methyl sites for hydroxylation is 2. The Morgan fingerprint density at radius 1 is 1.04 bits per heavy atom. The van der Waals surface area contributed by atoms with Gasteiger partial charge in [0.05, 0.1) is 0 Å². The zero-order valence-corrected chi connectivity index (χ0v) is 19.5. The zero-order chi connectivity index (χ0) is 19.1. The topological polar surface area (TPSA) is 52.6 Å². The van der Waals surface area contributed by atoms with Crippen molar-refractivity contribution < 1.29 is 0 Å². The highest BCUT2D eigenvalue weighted by Crippen LogP contribution is 2.18. The van der Waals surface area contributed by atoms with Crippen molar-refractivity contribution in [2.75, 3.05) is 25.0 Å². The fourth-order valence-electron chi connectivity index (χ4n) is 3.50. The Bertz CT molecular complexity index is 784. The lowest BCUT2D eigenvalue weighted by Gasteiger charge is -2.28. The Balaban J connectivity index is 0.00000280. The molecular formula is C22H32IN5. The molecule has 1 aromatic carbocycles. The van der Waals surface area contributed by atoms with Crippen LogP contribution < -0.4 is 15.5 Å². The summed E-state index contributed by atoms with van der Waals surface area (Å²) >= 11 is 0. The summed E-state index contributed by atoms with van der Waals surface area (Å²) in [6, 6.07) is 10.8. The standard InChI is InChI=1S/C22H31N5.HI/c1-17-7-8-20(18(2)13-17)16-26-22(23-3)25-15-19-9-10-24-21(14-19)27-11-5-4-6-12-27;/h7-10,13-14H,4-6,11-12,15-16H2,1-3H3,(H2,23,25,26);1H. The van der Waals surface area contributed by atoms with Crippen LogP contribution in [0.15, 0.2) is 41.5 Å². The first-order valence-corrected chi connectivity index (χ1v) is 9.86. The third-order valence-electron chi connectivity index (χ3n) is 5.12. The Kier molecular flexibility index (Phi) is 9.02. The molecule has 2 N–H and O–H groups in total. The highest BCUT2D eigenvalue weighted by Gasteiger charge is 2.12. The quantitative estimate of drug-likeness (QED) is 0.373. The van der Waals surface area contributed by atoms with Crippen LogP contribution in [0.25, 0.3) is 0 Å². The van der Waals surface area contributed by atoms with Crippen LogP contribution >= 0.6 is 24.0 Å². The van der Waals surface area contributed by atoms with E-state index in [1.807, 2.05) is 13.2 Å². The number of aliphatic imine (C=N–C) groups is 1. The van der Waals surface area contributed by atoms with Crippen molar-refractivity contribution in [2.24, 2.45) is 4.99 Å². The largest absolute Gasteiger partial charge is 0.357 e. The van der Waals surface area contributed by atoms with Gasteiger partial charge in [0.1, 0.15) is 5.82 Å². The Morgan fingerprint density at radius 3 is 2.50 bits per heavy atom. The summed E-state index contributed by atoms with van der Waals surface area (Å²) in [4.78, 5) is 11.3. The van der Waals surface area contributed by atoms with Gasteiger partial charge in [0, 0.05) is 39.4 Å². The Morgan fingerprint density at radius 2 is 1.79 bits per heavy atom. The fraction of sp³-hybridized carbons (Fsp3) is 0.455. The second kappa shape index (κ2) is 11.2. The number of guanidine groups is 1. The van der Waals surface area contributed by atoms with Gasteiger partial charge in [-0.25, -0.2) is 4.98 Å². The van der Waals surface area contributed by atoms with Crippen molar-refractivity contribution in [3.8, 4) is 0 Å². The van der Waals surface area contributed by atoms with Gasteiger partial charge in [-0.2, -0.15) is 0 Å². The van der Waals surface area contributed by atoms with Gasteiger partial charge in [-0.1, -0.05) is 23.8 Å². The lowest BCUT2D eigenvalue weighted by atomic mass is 10.1. The third kappa shape index (κ3) is 6.36. The van der Waals surface area contributed by atoms with Gasteiger partial charge >= 0.3 is 0 Å². The number of halogens is 1. The predicted octanol–water partition coefficient (Wildman–Crippen LogP) is 4.17. The van der Waals surface area contributed by atoms with E-state index in [4.69, 9.17) is 0 Å². The summed E-state index contributed by atoms with van der Waals surface area (Å²) in [5.74, 6) is 1.90. The molecule has 0 unspecified atom stereocenters. The maximum atomic E-state index is 4.56. The number of piperidine rings is 1. The maximum absolute atomic E-state index is 4.56. The molecule has 0 atom stereocenters. The van der Waals surface area contributed by atoms with E-state index >= 15 is 0 Å². The van der Waals surface area contributed by atoms with Crippen LogP contribution in [0.1, 0.15) is 41.5 Å². The van der Waals surface area contributed by atoms with E-state index in [1.54, 1.807) is 0 Å². The van der Waals surface area contributed by atoms with Crippen LogP contribution in [0.4, 0.5) is 5.82 Å². The van der Waals surface area contributed by atoms with Gasteiger partial charge in [-0.3, -0.25) is 4.99 Å². The summed E-state index contributed by atoms with van der Waals surface area (Å²) in [6.07, 6.45) is 5.77. The van der Waals surface area contributed by atoms with Crippen molar-refractivity contribution in [1.29, 1.82) is 0 Å². The fourth-order valence-corrected chi connectivity index (χ4v) is 3.50. The lowest BCUT2D eigenvalue weighted by molar-refractivity contribution is 0.573. The van der Waals surface area contributed by atoms with Crippen molar-refractivity contribution in [3.63, 3.8) is 0 Å². The minimum Gasteiger partial charge on any atom is -0.357 e. The monoisotopic (exact) mass is 493 g/mol. The Labute approximate surface area is 186 Å². The molecule has 2 heterocycles. The summed E-state index contributed by atoms with van der Waals surface area (Å²) in [5.41, 5.74) is 5.11. The van der Waals surface area contributed by atoms with E-state index in [-0.39, 0.29) is 24.0 Å². The molecule has 0 bridgehead atoms. The maximum Gasteiger partial charge on any atom is 0.191 e. The number of benzene rings is 1. The van der Waals surface area contributed by atoms with Crippen molar-refractivity contribution in [1.82, 2.24) is 15.6 Å². The zero-order valence-electron chi connectivity index (χ0n) is 17.2. The number of nitrogens with zero attached hydrogens (tertiary/aromatic N) is 3. The summed E-state index contributed by atoms with van der Waals surface area (Å²) in [7, 11) is 1.81. The van der Waals surface area contributed by atoms with E-state index in [0.717, 1.165) is 38.0 Å². The molecule has 6 heteroatoms. The molecule has 1 aromatic heterocycles. The van der Waals surface area contributed by atoms with Gasteiger partial charge in [0.2, 0.25) is 0 Å². The molecule has 0 saturated carbocycles. The minimum atomic E-state index is 0. The van der Waals surface area contributed by atoms with E-state index in [2.05, 4.69) is 69.7 Å². The normalized spacial score (nSPS) is 14.4. The number of pyridine rings is 1. The number of hydrogen-bond donors (Lipinski definition) is 2. The molecule has 28 heavy (non-hydrogen) atoms. The summed E-state index contributed by atoms with van der Waals surface area (Å²) in [6.45, 7) is 8.00. The number of aromatic nitrogens is 1. The first-order chi connectivity index (χ1) is 13.2. The van der Waals surface area contributed by atoms with Crippen LogP contribution in [0, 0.1) is 13.8 Å². The van der Waals surface area contributed by atoms with Crippen LogP contribution in [0.2, 0.25) is 0 Å². The lowest BCUT2D eigenvalue weighted by Crippen LogP contribution is -2.36. The van der Waals surface area contributed by atoms with Gasteiger partial charge in [-0.15, -0.1) is 24.0 Å². The highest BCUT2D eigenvalue weighted by atomic mass is 127. The number of rotatable bonds is 5. The van der Waals surface area contributed by atoms with Crippen LogP contribution in [-0.4, -0.2) is 31.1 Å². The molecule has 1 aliphatic rings. The first-order valence-electron chi connectivity index (χ1n) is 9.86. The molecule has 0 aliphatic carbocycles. The van der Waals surface area contributed by atoms with E-state index in [1.165, 1.54) is 41.5 Å². The van der Waals surface area contributed by atoms with Gasteiger partial charge in [0.15, 0.2) is 5.96 Å². The molecule has 1 fully saturated rings. The molecule has 1 saturated heterocycles. The average Bonchev–Trinajstić information content (AvgIpc) is 2.70. The van der Waals surface area contributed by atoms with Crippen molar-refractivity contribution in [3.05, 3.63) is 58.8 Å². The second-order valence-corrected chi connectivity index (χ2v) is 7.28. The van der Waals surface area contributed by atoms with Crippen molar-refractivity contribution in [2.45, 2.75) is 46.2 Å². The average molecular weight is 493 g/mol. The predicted molar refractivity (Wildman–Crippen MR) is 129 cm³/mol. The van der Waals surface area contributed by atoms with E-state index < -0.39 is 0 Å². The van der Waals surface area contributed by atoms with Crippen LogP contribution in [0.5, 0.6) is 0 Å². The molecule has 152 valence electrons. The molecule has 0 spiro atoms. The van der Waals surface area contributed by atoms with Crippen LogP contribution in [0.3, 0.4) is 0 Å². The number of nitrogens with one attached hydrogen (secondary N) is 2. The van der Waals surface area contributed by atoms with Gasteiger partial charge in [0.25, 0.3) is 0 Å². The van der Waals surface area contributed by atoms with E-state index in [9.17, 15) is 0 Å². The number of anilines is 1. The van der Waals surface area contributed by atoms with Crippen LogP contribution in [-0.2, 0) is 13.1 Å². The first kappa shape index (κ1) is 22.5. The summed E-state index contributed by atoms with van der Waals surface area (Å²) < 4.78 is 0. The van der Waals surface area contributed by atoms with Gasteiger partial charge < -0.3 is 15.5 Å². The molecule has 5 nitrogen and oxygen atoms in total. The minimum absolute atomic E-state index is 0. The van der Waals surface area contributed by atoms with Gasteiger partial charge in [-0.05, 0) is 61.9 Å². The van der Waals surface area contributed by atoms with E-state index in [0.29, 0.717) is 0 Å². The third-order valence-corrected chi connectivity index (χ3v) is 5.12. The summed E-state index contributed by atoms with van der Waals surface area (Å²) in [5, 5.41) is 6.82. The molecule has 2 aromatic rings. The molecule has 0 amide bonds. The molecular weight excluding hydrogens is 461 g/mol. The van der Waals surface area contributed by atoms with Crippen molar-refractivity contribution >= 4 is 35.8 Å². The molecule has 0 radical (unpaired) electrons. The molecule has 3 rings (SSSR count).